The monoisotopic (exact) mass is 460 g/mol. The molecule has 4 aromatic rings. The molecule has 2 aromatic heterocycles. The molecule has 0 amide bonds. The molecule has 0 bridgehead atoms. The fraction of sp³-hybridized carbons (Fsp3) is 0.143. The zero-order valence-electron chi connectivity index (χ0n) is 16.3. The molecule has 9 heteroatoms. The summed E-state index contributed by atoms with van der Waals surface area (Å²) < 4.78 is 44.2. The number of nitrogens with zero attached hydrogens (tertiary/aromatic N) is 2. The normalized spacial score (nSPS) is 11.6. The van der Waals surface area contributed by atoms with Gasteiger partial charge in [-0.25, -0.2) is 22.8 Å². The second-order valence-corrected chi connectivity index (χ2v) is 10.6. The van der Waals surface area contributed by atoms with E-state index in [9.17, 15) is 12.8 Å². The smallest absolute Gasteiger partial charge is 0.176 e. The molecule has 0 unspecified atom stereocenters. The fourth-order valence-electron chi connectivity index (χ4n) is 3.06. The Balaban J connectivity index is 1.99. The van der Waals surface area contributed by atoms with Crippen LogP contribution < -0.4 is 4.74 Å². The summed E-state index contributed by atoms with van der Waals surface area (Å²) in [5, 5.41) is 3.44. The van der Waals surface area contributed by atoms with Gasteiger partial charge in [0.2, 0.25) is 0 Å². The van der Waals surface area contributed by atoms with Crippen molar-refractivity contribution < 1.29 is 17.5 Å². The average Bonchev–Trinajstić information content (AvgIpc) is 3.33. The van der Waals surface area contributed by atoms with E-state index >= 15 is 0 Å². The molecule has 5 nitrogen and oxygen atoms in total. The highest BCUT2D eigenvalue weighted by Gasteiger charge is 2.23. The van der Waals surface area contributed by atoms with Gasteiger partial charge in [-0.05, 0) is 36.8 Å². The van der Waals surface area contributed by atoms with Crippen molar-refractivity contribution >= 4 is 32.5 Å². The van der Waals surface area contributed by atoms with Crippen LogP contribution in [0.5, 0.6) is 5.75 Å². The molecule has 0 saturated heterocycles. The minimum atomic E-state index is -3.49. The number of sulfone groups is 1. The summed E-state index contributed by atoms with van der Waals surface area (Å²) in [5.74, 6) is -0.367. The maximum Gasteiger partial charge on any atom is 0.176 e. The molecule has 0 aliphatic heterocycles. The van der Waals surface area contributed by atoms with E-state index in [1.807, 2.05) is 12.3 Å². The molecule has 0 atom stereocenters. The van der Waals surface area contributed by atoms with Gasteiger partial charge in [0.05, 0.1) is 27.6 Å². The lowest BCUT2D eigenvalue weighted by atomic mass is 10.1. The van der Waals surface area contributed by atoms with Crippen molar-refractivity contribution in [1.82, 2.24) is 9.97 Å². The summed E-state index contributed by atoms with van der Waals surface area (Å²) in [5.41, 5.74) is 2.25. The van der Waals surface area contributed by atoms with Gasteiger partial charge in [-0.3, -0.25) is 0 Å². The summed E-state index contributed by atoms with van der Waals surface area (Å²) >= 11 is 2.85. The molecule has 2 aromatic carbocycles. The predicted octanol–water partition coefficient (Wildman–Crippen LogP) is 5.46. The Morgan fingerprint density at radius 2 is 1.87 bits per heavy atom. The van der Waals surface area contributed by atoms with Gasteiger partial charge in [0.1, 0.15) is 10.7 Å². The van der Waals surface area contributed by atoms with Crippen molar-refractivity contribution in [2.75, 3.05) is 13.4 Å². The van der Waals surface area contributed by atoms with Gasteiger partial charge in [-0.2, -0.15) is 0 Å². The quantitative estimate of drug-likeness (QED) is 0.396. The number of ether oxygens (including phenoxy) is 1. The number of benzene rings is 2. The predicted molar refractivity (Wildman–Crippen MR) is 118 cm³/mol. The lowest BCUT2D eigenvalue weighted by Gasteiger charge is -2.09. The van der Waals surface area contributed by atoms with E-state index in [1.165, 1.54) is 35.8 Å². The molecule has 0 radical (unpaired) electrons. The van der Waals surface area contributed by atoms with Crippen LogP contribution in [0.15, 0.2) is 52.7 Å². The SMILES string of the molecule is COc1ccc(-c2sc(-c3csc(C)n3)nc2-c2ccccc2S(C)(=O)=O)cc1F. The molecule has 0 spiro atoms. The number of methoxy groups -OCH3 is 1. The van der Waals surface area contributed by atoms with E-state index in [0.717, 1.165) is 11.3 Å². The summed E-state index contributed by atoms with van der Waals surface area (Å²) in [6.45, 7) is 1.90. The molecular weight excluding hydrogens is 443 g/mol. The van der Waals surface area contributed by atoms with Crippen LogP contribution in [-0.2, 0) is 9.84 Å². The lowest BCUT2D eigenvalue weighted by molar-refractivity contribution is 0.386. The van der Waals surface area contributed by atoms with Gasteiger partial charge in [0, 0.05) is 17.2 Å². The summed E-state index contributed by atoms with van der Waals surface area (Å²) in [6, 6.07) is 11.3. The van der Waals surface area contributed by atoms with E-state index in [-0.39, 0.29) is 10.6 Å². The maximum absolute atomic E-state index is 14.4. The summed E-state index contributed by atoms with van der Waals surface area (Å²) in [4.78, 5) is 10.1. The van der Waals surface area contributed by atoms with Crippen LogP contribution in [0.3, 0.4) is 0 Å². The van der Waals surface area contributed by atoms with Gasteiger partial charge in [0.15, 0.2) is 21.4 Å². The first-order valence-electron chi connectivity index (χ1n) is 8.84. The van der Waals surface area contributed by atoms with Gasteiger partial charge in [0.25, 0.3) is 0 Å². The number of hydrogen-bond acceptors (Lipinski definition) is 7. The summed E-state index contributed by atoms with van der Waals surface area (Å²) in [6.07, 6.45) is 1.16. The third-order valence-corrected chi connectivity index (χ3v) is 7.48. The molecule has 0 fully saturated rings. The van der Waals surface area contributed by atoms with E-state index in [2.05, 4.69) is 4.98 Å². The average molecular weight is 461 g/mol. The second-order valence-electron chi connectivity index (χ2n) is 6.57. The number of halogens is 1. The molecule has 30 heavy (non-hydrogen) atoms. The molecule has 0 aliphatic rings. The molecule has 4 rings (SSSR count). The van der Waals surface area contributed by atoms with E-state index in [0.29, 0.717) is 32.4 Å². The first kappa shape index (κ1) is 20.6. The highest BCUT2D eigenvalue weighted by molar-refractivity contribution is 7.90. The van der Waals surface area contributed by atoms with E-state index in [4.69, 9.17) is 9.72 Å². The molecule has 0 saturated carbocycles. The molecule has 2 heterocycles. The minimum absolute atomic E-state index is 0.136. The van der Waals surface area contributed by atoms with Gasteiger partial charge < -0.3 is 4.74 Å². The Morgan fingerprint density at radius 1 is 1.10 bits per heavy atom. The maximum atomic E-state index is 14.4. The largest absolute Gasteiger partial charge is 0.494 e. The number of rotatable bonds is 5. The number of hydrogen-bond donors (Lipinski definition) is 0. The van der Waals surface area contributed by atoms with Crippen LogP contribution in [0.4, 0.5) is 4.39 Å². The Bertz CT molecular complexity index is 1340. The highest BCUT2D eigenvalue weighted by atomic mass is 32.2. The second kappa shape index (κ2) is 7.90. The third kappa shape index (κ3) is 3.88. The topological polar surface area (TPSA) is 69.2 Å². The van der Waals surface area contributed by atoms with Crippen molar-refractivity contribution in [2.45, 2.75) is 11.8 Å². The molecular formula is C21H17FN2O3S3. The first-order chi connectivity index (χ1) is 14.3. The van der Waals surface area contributed by atoms with Crippen LogP contribution in [0.1, 0.15) is 5.01 Å². The van der Waals surface area contributed by atoms with Gasteiger partial charge >= 0.3 is 0 Å². The third-order valence-electron chi connectivity index (χ3n) is 4.42. The number of aromatic nitrogens is 2. The van der Waals surface area contributed by atoms with E-state index < -0.39 is 15.7 Å². The Labute approximate surface area is 181 Å². The van der Waals surface area contributed by atoms with Gasteiger partial charge in [-0.15, -0.1) is 22.7 Å². The summed E-state index contributed by atoms with van der Waals surface area (Å²) in [7, 11) is -2.09. The molecule has 154 valence electrons. The lowest BCUT2D eigenvalue weighted by Crippen LogP contribution is -2.00. The standard InChI is InChI=1S/C21H17FN2O3S3/c1-12-23-16(11-28-12)21-24-19(14-6-4-5-7-18(14)30(3,25)26)20(29-21)13-8-9-17(27-2)15(22)10-13/h4-11H,1-3H3. The Hall–Kier alpha value is -2.62. The van der Waals surface area contributed by atoms with Crippen molar-refractivity contribution in [1.29, 1.82) is 0 Å². The van der Waals surface area contributed by atoms with E-state index in [1.54, 1.807) is 36.4 Å². The molecule has 0 N–H and O–H groups in total. The van der Waals surface area contributed by atoms with Crippen LogP contribution in [0.2, 0.25) is 0 Å². The van der Waals surface area contributed by atoms with Crippen LogP contribution >= 0.6 is 22.7 Å². The van der Waals surface area contributed by atoms with Crippen molar-refractivity contribution in [3.63, 3.8) is 0 Å². The van der Waals surface area contributed by atoms with Crippen LogP contribution in [0.25, 0.3) is 32.4 Å². The van der Waals surface area contributed by atoms with Crippen LogP contribution in [-0.4, -0.2) is 31.8 Å². The Kier molecular flexibility index (Phi) is 5.44. The zero-order chi connectivity index (χ0) is 21.5. The highest BCUT2D eigenvalue weighted by Crippen LogP contribution is 2.43. The molecule has 0 aliphatic carbocycles. The number of thiazole rings is 2. The number of aryl methyl sites for hydroxylation is 1. The Morgan fingerprint density at radius 3 is 2.50 bits per heavy atom. The fourth-order valence-corrected chi connectivity index (χ4v) is 5.66. The first-order valence-corrected chi connectivity index (χ1v) is 12.4. The van der Waals surface area contributed by atoms with Crippen molar-refractivity contribution in [3.8, 4) is 38.1 Å². The van der Waals surface area contributed by atoms with Gasteiger partial charge in [-0.1, -0.05) is 18.2 Å². The minimum Gasteiger partial charge on any atom is -0.494 e. The van der Waals surface area contributed by atoms with Crippen molar-refractivity contribution in [3.05, 3.63) is 58.7 Å². The zero-order valence-corrected chi connectivity index (χ0v) is 18.8. The van der Waals surface area contributed by atoms with Crippen LogP contribution in [0, 0.1) is 12.7 Å². The van der Waals surface area contributed by atoms with Crippen molar-refractivity contribution in [2.24, 2.45) is 0 Å².